The molecule has 7 atom stereocenters. The van der Waals surface area contributed by atoms with Gasteiger partial charge in [-0.05, 0) is 87.4 Å². The van der Waals surface area contributed by atoms with E-state index in [1.165, 1.54) is 32.1 Å². The number of ketones is 1. The predicted octanol–water partition coefficient (Wildman–Crippen LogP) is 5.51. The number of fused-ring (bicyclic) bond motifs is 3. The molecule has 0 radical (unpaired) electrons. The Morgan fingerprint density at radius 2 is 2.16 bits per heavy atom. The highest BCUT2D eigenvalue weighted by Gasteiger charge is 2.56. The molecule has 0 unspecified atom stereocenters. The molecule has 1 aromatic heterocycles. The predicted molar refractivity (Wildman–Crippen MR) is 125 cm³/mol. The topological polar surface area (TPSA) is 78.9 Å². The molecule has 0 aliphatic heterocycles. The second kappa shape index (κ2) is 9.29. The number of carbonyl (C=O) groups is 1. The van der Waals surface area contributed by atoms with Gasteiger partial charge in [0.1, 0.15) is 6.07 Å². The molecular weight excluding hydrogens is 398 g/mol. The van der Waals surface area contributed by atoms with Crippen LogP contribution in [0.15, 0.2) is 12.4 Å². The van der Waals surface area contributed by atoms with Crippen molar-refractivity contribution in [1.82, 2.24) is 9.55 Å². The molecule has 0 aromatic carbocycles. The molecule has 1 N–H and O–H groups in total. The van der Waals surface area contributed by atoms with Gasteiger partial charge in [0.25, 0.3) is 0 Å². The number of unbranched alkanes of at least 4 members (excludes halogenated alkanes) is 1. The van der Waals surface area contributed by atoms with Gasteiger partial charge in [-0.1, -0.05) is 33.1 Å². The van der Waals surface area contributed by atoms with Crippen LogP contribution in [0.1, 0.15) is 97.2 Å². The number of nitrogens with zero attached hydrogens (tertiary/aromatic N) is 3. The number of Topliss-reactive ketones (excluding diaryl/α,β-unsaturated/α-hetero) is 1. The summed E-state index contributed by atoms with van der Waals surface area (Å²) in [5.74, 6) is 3.52. The summed E-state index contributed by atoms with van der Waals surface area (Å²) in [7, 11) is 0. The van der Waals surface area contributed by atoms with Crippen LogP contribution in [0, 0.1) is 46.3 Å². The lowest BCUT2D eigenvalue weighted by Crippen LogP contribution is -2.46. The number of imidazole rings is 1. The lowest BCUT2D eigenvalue weighted by molar-refractivity contribution is -0.129. The van der Waals surface area contributed by atoms with E-state index in [1.54, 1.807) is 17.0 Å². The van der Waals surface area contributed by atoms with Crippen molar-refractivity contribution in [2.75, 3.05) is 0 Å². The average molecular weight is 440 g/mol. The second-order valence-corrected chi connectivity index (χ2v) is 11.6. The van der Waals surface area contributed by atoms with E-state index in [0.717, 1.165) is 50.4 Å². The van der Waals surface area contributed by atoms with Crippen molar-refractivity contribution in [3.63, 3.8) is 0 Å². The summed E-state index contributed by atoms with van der Waals surface area (Å²) in [5.41, 5.74) is -0.414. The van der Waals surface area contributed by atoms with E-state index in [-0.39, 0.29) is 23.7 Å². The third-order valence-corrected chi connectivity index (χ3v) is 9.46. The first kappa shape index (κ1) is 23.5. The van der Waals surface area contributed by atoms with Gasteiger partial charge in [-0.2, -0.15) is 5.26 Å². The largest absolute Gasteiger partial charge is 0.390 e. The van der Waals surface area contributed by atoms with Crippen LogP contribution in [0.2, 0.25) is 0 Å². The van der Waals surface area contributed by atoms with Gasteiger partial charge in [-0.3, -0.25) is 4.79 Å². The van der Waals surface area contributed by atoms with E-state index in [0.29, 0.717) is 17.7 Å². The molecular formula is C27H41N3O2. The van der Waals surface area contributed by atoms with Crippen LogP contribution < -0.4 is 0 Å². The number of aliphatic hydroxyl groups is 1. The molecule has 0 bridgehead atoms. The highest BCUT2D eigenvalue weighted by atomic mass is 16.3. The molecule has 32 heavy (non-hydrogen) atoms. The molecule has 1 heterocycles. The maximum absolute atomic E-state index is 13.3. The molecule has 5 heteroatoms. The average Bonchev–Trinajstić information content (AvgIpc) is 3.35. The van der Waals surface area contributed by atoms with Crippen LogP contribution in [-0.4, -0.2) is 26.0 Å². The quantitative estimate of drug-likeness (QED) is 0.579. The Morgan fingerprint density at radius 1 is 1.34 bits per heavy atom. The molecule has 0 spiro atoms. The van der Waals surface area contributed by atoms with Gasteiger partial charge in [0.05, 0.1) is 12.1 Å². The summed E-state index contributed by atoms with van der Waals surface area (Å²) in [6.07, 6.45) is 15.8. The zero-order valence-electron chi connectivity index (χ0n) is 20.2. The lowest BCUT2D eigenvalue weighted by atomic mass is 9.53. The molecule has 5 nitrogen and oxygen atoms in total. The van der Waals surface area contributed by atoms with Crippen LogP contribution in [0.25, 0.3) is 0 Å². The van der Waals surface area contributed by atoms with E-state index in [1.807, 2.05) is 6.92 Å². The third kappa shape index (κ3) is 4.53. The van der Waals surface area contributed by atoms with Gasteiger partial charge >= 0.3 is 0 Å². The number of aromatic nitrogens is 2. The van der Waals surface area contributed by atoms with E-state index in [2.05, 4.69) is 24.9 Å². The van der Waals surface area contributed by atoms with Gasteiger partial charge < -0.3 is 9.67 Å². The van der Waals surface area contributed by atoms with Crippen molar-refractivity contribution < 1.29 is 9.90 Å². The summed E-state index contributed by atoms with van der Waals surface area (Å²) >= 11 is 0. The van der Waals surface area contributed by atoms with Crippen molar-refractivity contribution in [3.8, 4) is 6.07 Å². The van der Waals surface area contributed by atoms with Crippen LogP contribution in [0.5, 0.6) is 0 Å². The normalized spacial score (nSPS) is 36.0. The van der Waals surface area contributed by atoms with E-state index < -0.39 is 5.60 Å². The van der Waals surface area contributed by atoms with Gasteiger partial charge in [0, 0.05) is 18.3 Å². The first-order chi connectivity index (χ1) is 15.3. The number of nitriles is 1. The Labute approximate surface area is 193 Å². The Kier molecular flexibility index (Phi) is 6.82. The number of rotatable bonds is 8. The van der Waals surface area contributed by atoms with E-state index in [4.69, 9.17) is 0 Å². The summed E-state index contributed by atoms with van der Waals surface area (Å²) in [6.45, 7) is 6.89. The van der Waals surface area contributed by atoms with Crippen molar-refractivity contribution >= 4 is 5.78 Å². The smallest absolute Gasteiger partial charge is 0.213 e. The minimum atomic E-state index is -0.517. The molecule has 4 rings (SSSR count). The fraction of sp³-hybridized carbons (Fsp3) is 0.815. The highest BCUT2D eigenvalue weighted by Crippen LogP contribution is 2.62. The minimum absolute atomic E-state index is 0.102. The van der Waals surface area contributed by atoms with Crippen molar-refractivity contribution in [2.45, 2.75) is 104 Å². The summed E-state index contributed by atoms with van der Waals surface area (Å²) in [6, 6.07) is 2.09. The van der Waals surface area contributed by atoms with E-state index >= 15 is 0 Å². The van der Waals surface area contributed by atoms with Crippen LogP contribution in [-0.2, 0) is 11.3 Å². The standard InChI is InChI=1S/C27H41N3O2/c1-4-5-11-26(2,32)16-19-6-7-21-20(15-19)10-12-27(3)22(21)8-9-23(27)24(31)18-30-14-13-29-25(30)17-28/h13-14,19-23,32H,4-12,15-16,18H2,1-3H3/t19-,20-,21-,22+,23-,26-,27+/m1/s1. The fourth-order valence-electron chi connectivity index (χ4n) is 7.89. The molecule has 0 amide bonds. The number of carbonyl (C=O) groups excluding carboxylic acids is 1. The van der Waals surface area contributed by atoms with Gasteiger partial charge in [-0.25, -0.2) is 4.98 Å². The molecule has 176 valence electrons. The Hall–Kier alpha value is -1.67. The molecule has 3 aliphatic rings. The van der Waals surface area contributed by atoms with Crippen LogP contribution in [0.3, 0.4) is 0 Å². The monoisotopic (exact) mass is 439 g/mol. The third-order valence-electron chi connectivity index (χ3n) is 9.46. The van der Waals surface area contributed by atoms with Gasteiger partial charge in [0.2, 0.25) is 5.82 Å². The SMILES string of the molecule is CCCC[C@@](C)(O)C[C@@H]1CC[C@@H]2[C@H](CC[C@]3(C)[C@@H](C(=O)Cn4ccnc4C#N)CC[C@@H]23)C1. The highest BCUT2D eigenvalue weighted by molar-refractivity contribution is 5.82. The van der Waals surface area contributed by atoms with Gasteiger partial charge in [0.15, 0.2) is 5.78 Å². The maximum Gasteiger partial charge on any atom is 0.213 e. The first-order valence-electron chi connectivity index (χ1n) is 12.9. The number of hydrogen-bond acceptors (Lipinski definition) is 4. The minimum Gasteiger partial charge on any atom is -0.390 e. The molecule has 3 saturated carbocycles. The first-order valence-corrected chi connectivity index (χ1v) is 12.9. The Balaban J connectivity index is 1.39. The van der Waals surface area contributed by atoms with Crippen LogP contribution in [0.4, 0.5) is 0 Å². The van der Waals surface area contributed by atoms with Gasteiger partial charge in [-0.15, -0.1) is 0 Å². The van der Waals surface area contributed by atoms with Crippen LogP contribution >= 0.6 is 0 Å². The molecule has 1 aromatic rings. The molecule has 0 saturated heterocycles. The van der Waals surface area contributed by atoms with E-state index in [9.17, 15) is 15.2 Å². The summed E-state index contributed by atoms with van der Waals surface area (Å²) < 4.78 is 1.71. The zero-order valence-corrected chi connectivity index (χ0v) is 20.2. The Bertz CT molecular complexity index is 853. The maximum atomic E-state index is 13.3. The zero-order chi connectivity index (χ0) is 22.9. The Morgan fingerprint density at radius 3 is 2.91 bits per heavy atom. The second-order valence-electron chi connectivity index (χ2n) is 11.6. The number of hydrogen-bond donors (Lipinski definition) is 1. The van der Waals surface area contributed by atoms with Crippen molar-refractivity contribution in [3.05, 3.63) is 18.2 Å². The summed E-state index contributed by atoms with van der Waals surface area (Å²) in [5, 5.41) is 20.1. The lowest BCUT2D eigenvalue weighted by Gasteiger charge is -2.52. The van der Waals surface area contributed by atoms with Crippen molar-refractivity contribution in [2.24, 2.45) is 35.0 Å². The fourth-order valence-corrected chi connectivity index (χ4v) is 7.89. The molecule has 3 fully saturated rings. The summed E-state index contributed by atoms with van der Waals surface area (Å²) in [4.78, 5) is 17.4. The van der Waals surface area contributed by atoms with Crippen molar-refractivity contribution in [1.29, 1.82) is 5.26 Å². The molecule has 3 aliphatic carbocycles.